The Bertz CT molecular complexity index is 1150. The molecule has 0 bridgehead atoms. The molecule has 5 rings (SSSR count). The Morgan fingerprint density at radius 2 is 1.53 bits per heavy atom. The van der Waals surface area contributed by atoms with Gasteiger partial charge in [0.05, 0.1) is 17.0 Å². The predicted molar refractivity (Wildman–Crippen MR) is 121 cm³/mol. The third kappa shape index (κ3) is 3.74. The van der Waals surface area contributed by atoms with Crippen molar-refractivity contribution in [1.29, 1.82) is 0 Å². The molecule has 0 N–H and O–H groups in total. The van der Waals surface area contributed by atoms with Crippen molar-refractivity contribution in [3.05, 3.63) is 42.5 Å². The van der Waals surface area contributed by atoms with Crippen LogP contribution >= 0.6 is 0 Å². The van der Waals surface area contributed by atoms with Crippen LogP contribution in [-0.4, -0.2) is 67.2 Å². The lowest BCUT2D eigenvalue weighted by atomic mass is 9.73. The molecule has 3 aliphatic rings. The average Bonchev–Trinajstić information content (AvgIpc) is 3.03. The Hall–Kier alpha value is -2.29. The van der Waals surface area contributed by atoms with Crippen LogP contribution < -0.4 is 0 Å². The van der Waals surface area contributed by atoms with Gasteiger partial charge in [-0.2, -0.15) is 4.31 Å². The Morgan fingerprint density at radius 3 is 2.25 bits per heavy atom. The SMILES string of the molecule is O=C1CC2(CCCCC2)C(=O)N1CN1CCN(S(=O)(=O)c2ccc3ccccc3c2)CC1. The molecule has 32 heavy (non-hydrogen) atoms. The maximum atomic E-state index is 13.2. The van der Waals surface area contributed by atoms with Gasteiger partial charge in [-0.1, -0.05) is 49.6 Å². The molecule has 1 spiro atoms. The van der Waals surface area contributed by atoms with Crippen LogP contribution in [0.1, 0.15) is 38.5 Å². The number of piperazine rings is 1. The van der Waals surface area contributed by atoms with Crippen LogP contribution in [0.5, 0.6) is 0 Å². The first kappa shape index (κ1) is 21.6. The van der Waals surface area contributed by atoms with Crippen molar-refractivity contribution in [1.82, 2.24) is 14.1 Å². The van der Waals surface area contributed by atoms with Gasteiger partial charge >= 0.3 is 0 Å². The highest BCUT2D eigenvalue weighted by Crippen LogP contribution is 2.45. The second-order valence-electron chi connectivity index (χ2n) is 9.32. The van der Waals surface area contributed by atoms with Gasteiger partial charge in [0, 0.05) is 32.6 Å². The lowest BCUT2D eigenvalue weighted by Crippen LogP contribution is -2.52. The van der Waals surface area contributed by atoms with E-state index < -0.39 is 15.4 Å². The minimum atomic E-state index is -3.59. The molecule has 1 saturated carbocycles. The van der Waals surface area contributed by atoms with E-state index in [-0.39, 0.29) is 18.5 Å². The first-order valence-electron chi connectivity index (χ1n) is 11.5. The Morgan fingerprint density at radius 1 is 0.844 bits per heavy atom. The first-order valence-corrected chi connectivity index (χ1v) is 12.9. The Labute approximate surface area is 189 Å². The fourth-order valence-electron chi connectivity index (χ4n) is 5.41. The summed E-state index contributed by atoms with van der Waals surface area (Å²) in [7, 11) is -3.59. The number of hydrogen-bond acceptors (Lipinski definition) is 5. The zero-order valence-corrected chi connectivity index (χ0v) is 19.0. The maximum absolute atomic E-state index is 13.2. The maximum Gasteiger partial charge on any atom is 0.243 e. The van der Waals surface area contributed by atoms with E-state index in [1.165, 1.54) is 9.21 Å². The van der Waals surface area contributed by atoms with Crippen LogP contribution in [0.15, 0.2) is 47.4 Å². The van der Waals surface area contributed by atoms with E-state index in [9.17, 15) is 18.0 Å². The summed E-state index contributed by atoms with van der Waals surface area (Å²) in [5.74, 6) is -0.100. The van der Waals surface area contributed by atoms with E-state index >= 15 is 0 Å². The molecule has 2 aromatic carbocycles. The number of fused-ring (bicyclic) bond motifs is 1. The lowest BCUT2D eigenvalue weighted by Gasteiger charge is -2.36. The summed E-state index contributed by atoms with van der Waals surface area (Å²) in [6, 6.07) is 12.9. The number of carbonyl (C=O) groups excluding carboxylic acids is 2. The van der Waals surface area contributed by atoms with E-state index in [4.69, 9.17) is 0 Å². The van der Waals surface area contributed by atoms with E-state index in [2.05, 4.69) is 0 Å². The number of carbonyl (C=O) groups is 2. The van der Waals surface area contributed by atoms with Gasteiger partial charge in [0.2, 0.25) is 21.8 Å². The molecule has 170 valence electrons. The smallest absolute Gasteiger partial charge is 0.243 e. The number of nitrogens with zero attached hydrogens (tertiary/aromatic N) is 3. The number of hydrogen-bond donors (Lipinski definition) is 0. The van der Waals surface area contributed by atoms with Crippen LogP contribution in [-0.2, 0) is 19.6 Å². The summed E-state index contributed by atoms with van der Waals surface area (Å²) in [5.41, 5.74) is -0.476. The van der Waals surface area contributed by atoms with E-state index in [0.717, 1.165) is 42.9 Å². The van der Waals surface area contributed by atoms with Crippen molar-refractivity contribution in [2.24, 2.45) is 5.41 Å². The Balaban J connectivity index is 1.24. The third-order valence-corrected chi connectivity index (χ3v) is 9.23. The fraction of sp³-hybridized carbons (Fsp3) is 0.500. The summed E-state index contributed by atoms with van der Waals surface area (Å²) < 4.78 is 27.9. The van der Waals surface area contributed by atoms with Gasteiger partial charge in [0.1, 0.15) is 0 Å². The molecule has 7 nitrogen and oxygen atoms in total. The molecule has 0 unspecified atom stereocenters. The van der Waals surface area contributed by atoms with Crippen molar-refractivity contribution in [3.63, 3.8) is 0 Å². The largest absolute Gasteiger partial charge is 0.283 e. The highest BCUT2D eigenvalue weighted by atomic mass is 32.2. The van der Waals surface area contributed by atoms with Crippen molar-refractivity contribution in [2.75, 3.05) is 32.8 Å². The second-order valence-corrected chi connectivity index (χ2v) is 11.3. The van der Waals surface area contributed by atoms with Gasteiger partial charge in [0.25, 0.3) is 0 Å². The fourth-order valence-corrected chi connectivity index (χ4v) is 6.87. The highest BCUT2D eigenvalue weighted by molar-refractivity contribution is 7.89. The van der Waals surface area contributed by atoms with E-state index in [1.807, 2.05) is 35.2 Å². The molecule has 2 aromatic rings. The Kier molecular flexibility index (Phi) is 5.55. The standard InChI is InChI=1S/C24H29N3O4S/c28-22-17-24(10-4-1-5-11-24)23(29)27(22)18-25-12-14-26(15-13-25)32(30,31)21-9-8-19-6-2-3-7-20(19)16-21/h2-3,6-9,16H,1,4-5,10-15,17-18H2. The number of imide groups is 1. The van der Waals surface area contributed by atoms with E-state index in [1.54, 1.807) is 12.1 Å². The molecule has 2 saturated heterocycles. The van der Waals surface area contributed by atoms with Crippen molar-refractivity contribution >= 4 is 32.6 Å². The van der Waals surface area contributed by atoms with Crippen LogP contribution in [0, 0.1) is 5.41 Å². The van der Waals surface area contributed by atoms with Crippen LogP contribution in [0.2, 0.25) is 0 Å². The van der Waals surface area contributed by atoms with Gasteiger partial charge < -0.3 is 0 Å². The number of benzene rings is 2. The summed E-state index contributed by atoms with van der Waals surface area (Å²) >= 11 is 0. The highest BCUT2D eigenvalue weighted by Gasteiger charge is 2.51. The van der Waals surface area contributed by atoms with Crippen LogP contribution in [0.3, 0.4) is 0 Å². The van der Waals surface area contributed by atoms with Crippen molar-refractivity contribution in [3.8, 4) is 0 Å². The molecule has 2 heterocycles. The minimum absolute atomic E-state index is 0.0200. The molecule has 2 aliphatic heterocycles. The lowest BCUT2D eigenvalue weighted by molar-refractivity contribution is -0.145. The molecular weight excluding hydrogens is 426 g/mol. The van der Waals surface area contributed by atoms with Gasteiger partial charge in [-0.25, -0.2) is 8.42 Å². The van der Waals surface area contributed by atoms with Gasteiger partial charge in [0.15, 0.2) is 0 Å². The zero-order chi connectivity index (χ0) is 22.3. The summed E-state index contributed by atoms with van der Waals surface area (Å²) in [5, 5.41) is 1.90. The molecule has 0 radical (unpaired) electrons. The van der Waals surface area contributed by atoms with Crippen molar-refractivity contribution < 1.29 is 18.0 Å². The minimum Gasteiger partial charge on any atom is -0.283 e. The van der Waals surface area contributed by atoms with Gasteiger partial charge in [-0.15, -0.1) is 0 Å². The first-order chi connectivity index (χ1) is 15.4. The molecule has 1 aliphatic carbocycles. The molecule has 3 fully saturated rings. The van der Waals surface area contributed by atoms with Crippen LogP contribution in [0.4, 0.5) is 0 Å². The molecule has 0 aromatic heterocycles. The molecular formula is C24H29N3O4S. The van der Waals surface area contributed by atoms with Crippen molar-refractivity contribution in [2.45, 2.75) is 43.4 Å². The zero-order valence-electron chi connectivity index (χ0n) is 18.2. The predicted octanol–water partition coefficient (Wildman–Crippen LogP) is 2.81. The number of sulfonamides is 1. The summed E-state index contributed by atoms with van der Waals surface area (Å²) in [4.78, 5) is 29.4. The average molecular weight is 456 g/mol. The summed E-state index contributed by atoms with van der Waals surface area (Å²) in [6.07, 6.45) is 5.12. The molecule has 8 heteroatoms. The van der Waals surface area contributed by atoms with E-state index in [0.29, 0.717) is 37.5 Å². The quantitative estimate of drug-likeness (QED) is 0.663. The van der Waals surface area contributed by atoms with Crippen LogP contribution in [0.25, 0.3) is 10.8 Å². The topological polar surface area (TPSA) is 78.0 Å². The second kappa shape index (κ2) is 8.24. The van der Waals surface area contributed by atoms with Gasteiger partial charge in [-0.05, 0) is 35.7 Å². The molecule has 0 atom stereocenters. The number of rotatable bonds is 4. The molecule has 2 amide bonds. The summed E-state index contributed by atoms with van der Waals surface area (Å²) in [6.45, 7) is 1.95. The number of likely N-dealkylation sites (tertiary alicyclic amines) is 1. The van der Waals surface area contributed by atoms with Gasteiger partial charge in [-0.3, -0.25) is 19.4 Å². The normalized spacial score (nSPS) is 22.8. The number of amides is 2. The monoisotopic (exact) mass is 455 g/mol. The third-order valence-electron chi connectivity index (χ3n) is 7.33.